The molecule has 2 aliphatic heterocycles. The van der Waals surface area contributed by atoms with Crippen molar-refractivity contribution in [1.29, 1.82) is 5.26 Å². The average Bonchev–Trinajstić information content (AvgIpc) is 3.44. The number of likely N-dealkylation sites (N-methyl/N-ethyl adjacent to an activating group) is 1. The summed E-state index contributed by atoms with van der Waals surface area (Å²) in [6.45, 7) is 5.71. The summed E-state index contributed by atoms with van der Waals surface area (Å²) in [6, 6.07) is 15.6. The number of rotatable bonds is 7. The molecule has 5 atom stereocenters. The van der Waals surface area contributed by atoms with E-state index in [2.05, 4.69) is 39.8 Å². The van der Waals surface area contributed by atoms with Crippen molar-refractivity contribution in [2.24, 2.45) is 0 Å². The summed E-state index contributed by atoms with van der Waals surface area (Å²) in [5.74, 6) is 0.615. The molecule has 3 heterocycles. The number of anilines is 1. The van der Waals surface area contributed by atoms with Gasteiger partial charge in [-0.15, -0.1) is 0 Å². The standard InChI is InChI=1S/C29H34N4O7S/c1-3-24-27(34)28(35)26(29(36)40-24)31-41(37,38)23(17-30)16-22-8-9-25(39-22)20-5-4-19-15-21(7-6-18(19)14-20)33-12-10-32(2)11-13-33/h4-9,14-16,24,26-29,31,34-36H,3,10-13H2,1-2H3/b23-16+/t24-,26-,27-,28-,29?/m1/s1. The van der Waals surface area contributed by atoms with E-state index >= 15 is 0 Å². The molecule has 5 rings (SSSR count). The average molecular weight is 583 g/mol. The molecule has 0 amide bonds. The third-order valence-corrected chi connectivity index (χ3v) is 9.06. The predicted octanol–water partition coefficient (Wildman–Crippen LogP) is 1.85. The lowest BCUT2D eigenvalue weighted by molar-refractivity contribution is -0.244. The Balaban J connectivity index is 1.33. The Kier molecular flexibility index (Phi) is 8.49. The number of nitrogens with one attached hydrogen (secondary N) is 1. The van der Waals surface area contributed by atoms with Crippen molar-refractivity contribution in [3.8, 4) is 17.4 Å². The van der Waals surface area contributed by atoms with Crippen molar-refractivity contribution < 1.29 is 32.9 Å². The molecule has 2 saturated heterocycles. The number of allylic oxidation sites excluding steroid dienone is 1. The largest absolute Gasteiger partial charge is 0.457 e. The van der Waals surface area contributed by atoms with E-state index in [9.17, 15) is 29.0 Å². The molecule has 41 heavy (non-hydrogen) atoms. The maximum Gasteiger partial charge on any atom is 0.251 e. The van der Waals surface area contributed by atoms with Crippen LogP contribution in [0.25, 0.3) is 28.2 Å². The monoisotopic (exact) mass is 582 g/mol. The van der Waals surface area contributed by atoms with E-state index in [0.717, 1.165) is 48.6 Å². The highest BCUT2D eigenvalue weighted by atomic mass is 32.2. The van der Waals surface area contributed by atoms with Gasteiger partial charge >= 0.3 is 0 Å². The summed E-state index contributed by atoms with van der Waals surface area (Å²) < 4.78 is 39.1. The van der Waals surface area contributed by atoms with Crippen LogP contribution in [-0.2, 0) is 14.8 Å². The molecule has 0 aliphatic carbocycles. The van der Waals surface area contributed by atoms with Crippen LogP contribution in [0.1, 0.15) is 19.1 Å². The normalized spacial score (nSPS) is 26.3. The number of furan rings is 1. The molecule has 1 aromatic heterocycles. The lowest BCUT2D eigenvalue weighted by atomic mass is 9.96. The van der Waals surface area contributed by atoms with E-state index < -0.39 is 45.6 Å². The minimum Gasteiger partial charge on any atom is -0.457 e. The van der Waals surface area contributed by atoms with Crippen molar-refractivity contribution in [2.75, 3.05) is 38.1 Å². The topological polar surface area (TPSA) is 159 Å². The summed E-state index contributed by atoms with van der Waals surface area (Å²) in [7, 11) is -2.38. The molecule has 3 aromatic rings. The van der Waals surface area contributed by atoms with Crippen LogP contribution in [0.5, 0.6) is 0 Å². The first kappa shape index (κ1) is 29.2. The highest BCUT2D eigenvalue weighted by Crippen LogP contribution is 2.30. The molecule has 12 heteroatoms. The number of aliphatic hydroxyl groups excluding tert-OH is 3. The van der Waals surface area contributed by atoms with Gasteiger partial charge in [-0.2, -0.15) is 9.98 Å². The maximum atomic E-state index is 13.0. The Labute approximate surface area is 238 Å². The fraction of sp³-hybridized carbons (Fsp3) is 0.414. The second-order valence-corrected chi connectivity index (χ2v) is 12.1. The maximum absolute atomic E-state index is 13.0. The molecular weight excluding hydrogens is 548 g/mol. The van der Waals surface area contributed by atoms with Crippen molar-refractivity contribution in [3.63, 3.8) is 0 Å². The predicted molar refractivity (Wildman–Crippen MR) is 154 cm³/mol. The van der Waals surface area contributed by atoms with Gasteiger partial charge in [-0.1, -0.05) is 25.1 Å². The van der Waals surface area contributed by atoms with Crippen LogP contribution in [0, 0.1) is 11.3 Å². The van der Waals surface area contributed by atoms with Crippen LogP contribution >= 0.6 is 0 Å². The second kappa shape index (κ2) is 11.9. The molecule has 1 unspecified atom stereocenters. The van der Waals surface area contributed by atoms with Crippen LogP contribution in [0.15, 0.2) is 57.9 Å². The van der Waals surface area contributed by atoms with E-state index in [1.54, 1.807) is 25.1 Å². The number of fused-ring (bicyclic) bond motifs is 1. The quantitative estimate of drug-likeness (QED) is 0.303. The summed E-state index contributed by atoms with van der Waals surface area (Å²) >= 11 is 0. The number of piperazine rings is 1. The van der Waals surface area contributed by atoms with E-state index in [-0.39, 0.29) is 5.76 Å². The third kappa shape index (κ3) is 6.17. The van der Waals surface area contributed by atoms with Crippen LogP contribution in [0.4, 0.5) is 5.69 Å². The second-order valence-electron chi connectivity index (χ2n) is 10.5. The van der Waals surface area contributed by atoms with Crippen LogP contribution < -0.4 is 9.62 Å². The Bertz CT molecular complexity index is 1570. The van der Waals surface area contributed by atoms with Gasteiger partial charge in [-0.05, 0) is 54.6 Å². The zero-order valence-corrected chi connectivity index (χ0v) is 23.7. The number of aliphatic hydroxyl groups is 3. The smallest absolute Gasteiger partial charge is 0.251 e. The Morgan fingerprint density at radius 1 is 1.05 bits per heavy atom. The SMILES string of the molecule is CC[C@H]1OC(O)[C@H](NS(=O)(=O)/C(C#N)=C/c2ccc(-c3ccc4cc(N5CCN(C)CC5)ccc4c3)o2)[C@@H](O)[C@@H]1O. The van der Waals surface area contributed by atoms with Gasteiger partial charge in [0.05, 0.1) is 6.10 Å². The number of sulfonamides is 1. The molecule has 11 nitrogen and oxygen atoms in total. The first-order valence-corrected chi connectivity index (χ1v) is 15.0. The molecule has 0 saturated carbocycles. The van der Waals surface area contributed by atoms with Gasteiger partial charge in [-0.3, -0.25) is 0 Å². The Hall–Kier alpha value is -3.28. The molecular formula is C29H34N4O7S. The fourth-order valence-corrected chi connectivity index (χ4v) is 6.32. The van der Waals surface area contributed by atoms with Gasteiger partial charge in [0.1, 0.15) is 35.8 Å². The number of benzene rings is 2. The van der Waals surface area contributed by atoms with Gasteiger partial charge in [0, 0.05) is 43.5 Å². The van der Waals surface area contributed by atoms with E-state index in [0.29, 0.717) is 12.2 Å². The van der Waals surface area contributed by atoms with Gasteiger partial charge in [0.25, 0.3) is 10.0 Å². The van der Waals surface area contributed by atoms with Crippen molar-refractivity contribution in [3.05, 3.63) is 59.2 Å². The summed E-state index contributed by atoms with van der Waals surface area (Å²) in [5.41, 5.74) is 1.97. The first-order valence-electron chi connectivity index (χ1n) is 13.5. The lowest BCUT2D eigenvalue weighted by Crippen LogP contribution is -2.63. The number of ether oxygens (including phenoxy) is 1. The van der Waals surface area contributed by atoms with Gasteiger partial charge in [0.2, 0.25) is 0 Å². The number of hydrogen-bond acceptors (Lipinski definition) is 10. The van der Waals surface area contributed by atoms with Gasteiger partial charge in [-0.25, -0.2) is 8.42 Å². The first-order chi connectivity index (χ1) is 19.6. The number of nitrogens with zero attached hydrogens (tertiary/aromatic N) is 3. The van der Waals surface area contributed by atoms with Crippen molar-refractivity contribution >= 4 is 32.6 Å². The summed E-state index contributed by atoms with van der Waals surface area (Å²) in [6.07, 6.45) is -4.27. The summed E-state index contributed by atoms with van der Waals surface area (Å²) in [5, 5.41) is 42.5. The third-order valence-electron chi connectivity index (χ3n) is 7.69. The molecule has 0 spiro atoms. The number of hydrogen-bond donors (Lipinski definition) is 4. The molecule has 2 aliphatic rings. The highest BCUT2D eigenvalue weighted by Gasteiger charge is 2.45. The fourth-order valence-electron chi connectivity index (χ4n) is 5.19. The van der Waals surface area contributed by atoms with Crippen LogP contribution in [0.2, 0.25) is 0 Å². The van der Waals surface area contributed by atoms with Crippen molar-refractivity contribution in [2.45, 2.75) is 44.0 Å². The van der Waals surface area contributed by atoms with E-state index in [4.69, 9.17) is 9.15 Å². The summed E-state index contributed by atoms with van der Waals surface area (Å²) in [4.78, 5) is 4.00. The molecule has 2 fully saturated rings. The Morgan fingerprint density at radius 3 is 2.46 bits per heavy atom. The number of nitriles is 1. The zero-order chi connectivity index (χ0) is 29.3. The minimum atomic E-state index is -4.51. The van der Waals surface area contributed by atoms with E-state index in [1.165, 1.54) is 5.69 Å². The van der Waals surface area contributed by atoms with Crippen LogP contribution in [-0.4, -0.2) is 92.5 Å². The minimum absolute atomic E-state index is 0.125. The molecule has 218 valence electrons. The van der Waals surface area contributed by atoms with Gasteiger partial charge in [0.15, 0.2) is 11.2 Å². The molecule has 0 radical (unpaired) electrons. The zero-order valence-electron chi connectivity index (χ0n) is 22.8. The van der Waals surface area contributed by atoms with Crippen molar-refractivity contribution in [1.82, 2.24) is 9.62 Å². The molecule has 4 N–H and O–H groups in total. The molecule has 0 bridgehead atoms. The Morgan fingerprint density at radius 2 is 1.76 bits per heavy atom. The molecule has 2 aromatic carbocycles. The highest BCUT2D eigenvalue weighted by molar-refractivity contribution is 7.93. The van der Waals surface area contributed by atoms with Gasteiger partial charge < -0.3 is 34.3 Å². The van der Waals surface area contributed by atoms with Crippen LogP contribution in [0.3, 0.4) is 0 Å². The lowest BCUT2D eigenvalue weighted by Gasteiger charge is -2.40. The van der Waals surface area contributed by atoms with E-state index in [1.807, 2.05) is 18.2 Å².